The Kier molecular flexibility index (Phi) is 67.1. The molecule has 576 valence electrons. The molecule has 97 heavy (non-hydrogen) atoms. The van der Waals surface area contributed by atoms with Gasteiger partial charge in [0.15, 0.2) is 12.2 Å². The van der Waals surface area contributed by atoms with Crippen LogP contribution in [0.2, 0.25) is 0 Å². The number of hydrogen-bond donors (Lipinski definition) is 3. The molecule has 17 nitrogen and oxygen atoms in total. The second-order valence-electron chi connectivity index (χ2n) is 29.5. The van der Waals surface area contributed by atoms with E-state index in [4.69, 9.17) is 37.0 Å². The highest BCUT2D eigenvalue weighted by atomic mass is 31.2. The predicted octanol–water partition coefficient (Wildman–Crippen LogP) is 23.0. The third kappa shape index (κ3) is 72.2. The van der Waals surface area contributed by atoms with Crippen LogP contribution in [-0.4, -0.2) is 96.7 Å². The largest absolute Gasteiger partial charge is 0.472 e. The Morgan fingerprint density at radius 2 is 0.474 bits per heavy atom. The van der Waals surface area contributed by atoms with Crippen LogP contribution in [0, 0.1) is 17.8 Å². The van der Waals surface area contributed by atoms with Gasteiger partial charge >= 0.3 is 39.5 Å². The van der Waals surface area contributed by atoms with Crippen molar-refractivity contribution >= 4 is 39.5 Å². The number of aliphatic hydroxyl groups is 1. The summed E-state index contributed by atoms with van der Waals surface area (Å²) in [5, 5.41) is 10.6. The van der Waals surface area contributed by atoms with Gasteiger partial charge in [-0.15, -0.1) is 0 Å². The second kappa shape index (κ2) is 68.5. The molecular formula is C78H152O17P2. The lowest BCUT2D eigenvalue weighted by atomic mass is 10.0. The number of unbranched alkanes of at least 4 members (excludes halogenated alkanes) is 44. The number of rotatable bonds is 76. The third-order valence-corrected chi connectivity index (χ3v) is 20.0. The molecule has 3 N–H and O–H groups in total. The van der Waals surface area contributed by atoms with E-state index in [1.54, 1.807) is 0 Å². The lowest BCUT2D eigenvalue weighted by molar-refractivity contribution is -0.161. The van der Waals surface area contributed by atoms with E-state index >= 15 is 0 Å². The number of ether oxygens (including phenoxy) is 4. The first-order chi connectivity index (χ1) is 46.7. The van der Waals surface area contributed by atoms with Gasteiger partial charge in [-0.1, -0.05) is 350 Å². The van der Waals surface area contributed by atoms with Gasteiger partial charge in [-0.25, -0.2) is 9.13 Å². The van der Waals surface area contributed by atoms with Crippen LogP contribution in [0.5, 0.6) is 0 Å². The fourth-order valence-corrected chi connectivity index (χ4v) is 13.5. The fourth-order valence-electron chi connectivity index (χ4n) is 12.0. The molecule has 0 saturated carbocycles. The lowest BCUT2D eigenvalue weighted by Crippen LogP contribution is -2.30. The van der Waals surface area contributed by atoms with E-state index < -0.39 is 97.5 Å². The van der Waals surface area contributed by atoms with E-state index in [1.807, 2.05) is 0 Å². The molecule has 0 spiro atoms. The van der Waals surface area contributed by atoms with Crippen molar-refractivity contribution in [3.05, 3.63) is 0 Å². The minimum atomic E-state index is -4.96. The number of carbonyl (C=O) groups excluding carboxylic acids is 4. The summed E-state index contributed by atoms with van der Waals surface area (Å²) in [7, 11) is -9.92. The molecular weight excluding hydrogens is 1270 g/mol. The van der Waals surface area contributed by atoms with Crippen molar-refractivity contribution in [1.82, 2.24) is 0 Å². The topological polar surface area (TPSA) is 237 Å². The van der Waals surface area contributed by atoms with Gasteiger partial charge in [0.2, 0.25) is 0 Å². The summed E-state index contributed by atoms with van der Waals surface area (Å²) in [5.74, 6) is 0.209. The van der Waals surface area contributed by atoms with Gasteiger partial charge in [-0.2, -0.15) is 0 Å². The molecule has 0 aliphatic carbocycles. The van der Waals surface area contributed by atoms with Crippen LogP contribution in [0.4, 0.5) is 0 Å². The fraction of sp³-hybridized carbons (Fsp3) is 0.949. The number of hydrogen-bond acceptors (Lipinski definition) is 15. The number of phosphoric ester groups is 2. The Balaban J connectivity index is 5.26. The Labute approximate surface area is 594 Å². The summed E-state index contributed by atoms with van der Waals surface area (Å²) >= 11 is 0. The van der Waals surface area contributed by atoms with Crippen LogP contribution >= 0.6 is 15.6 Å². The average Bonchev–Trinajstić information content (AvgIpc) is 2.05. The molecule has 0 aromatic heterocycles. The molecule has 0 aliphatic rings. The second-order valence-corrected chi connectivity index (χ2v) is 32.4. The quantitative estimate of drug-likeness (QED) is 0.0222. The molecule has 0 aliphatic heterocycles. The molecule has 0 fully saturated rings. The molecule has 0 rings (SSSR count). The van der Waals surface area contributed by atoms with E-state index in [-0.39, 0.29) is 25.7 Å². The molecule has 0 heterocycles. The van der Waals surface area contributed by atoms with Crippen LogP contribution in [-0.2, 0) is 65.4 Å². The highest BCUT2D eigenvalue weighted by molar-refractivity contribution is 7.47. The molecule has 0 saturated heterocycles. The van der Waals surface area contributed by atoms with Crippen molar-refractivity contribution in [1.29, 1.82) is 0 Å². The molecule has 0 radical (unpaired) electrons. The van der Waals surface area contributed by atoms with Gasteiger partial charge in [0.05, 0.1) is 26.4 Å². The standard InChI is InChI=1S/C78H152O17P2/c1-8-9-10-11-12-13-14-24-31-38-45-52-59-75(80)88-66-74(95-78(83)62-55-48-41-34-27-30-37-44-51-58-71(6)7)68-93-97(86,87)91-64-72(79)63-90-96(84,85)92-67-73(65-89-76(81)60-53-46-39-32-25-21-17-19-23-29-36-43-50-57-70(4)5)94-77(82)61-54-47-40-33-26-20-16-15-18-22-28-35-42-49-56-69(2)3/h69-74,79H,8-68H2,1-7H3,(H,84,85)(H,86,87)/t72-,73-,74-/m1/s1. The molecule has 2 unspecified atom stereocenters. The van der Waals surface area contributed by atoms with E-state index in [2.05, 4.69) is 48.5 Å². The van der Waals surface area contributed by atoms with Crippen molar-refractivity contribution in [3.63, 3.8) is 0 Å². The van der Waals surface area contributed by atoms with Crippen molar-refractivity contribution in [2.45, 2.75) is 420 Å². The van der Waals surface area contributed by atoms with Crippen LogP contribution in [0.15, 0.2) is 0 Å². The molecule has 0 aromatic rings. The number of esters is 4. The van der Waals surface area contributed by atoms with E-state index in [0.29, 0.717) is 25.7 Å². The van der Waals surface area contributed by atoms with Crippen LogP contribution < -0.4 is 0 Å². The van der Waals surface area contributed by atoms with E-state index in [9.17, 15) is 43.2 Å². The maximum absolute atomic E-state index is 13.1. The average molecular weight is 1420 g/mol. The number of phosphoric acid groups is 2. The minimum Gasteiger partial charge on any atom is -0.462 e. The van der Waals surface area contributed by atoms with E-state index in [1.165, 1.54) is 212 Å². The molecule has 0 aromatic carbocycles. The maximum Gasteiger partial charge on any atom is 0.472 e. The summed E-state index contributed by atoms with van der Waals surface area (Å²) < 4.78 is 68.6. The van der Waals surface area contributed by atoms with E-state index in [0.717, 1.165) is 108 Å². The predicted molar refractivity (Wildman–Crippen MR) is 395 cm³/mol. The molecule has 19 heteroatoms. The summed E-state index contributed by atoms with van der Waals surface area (Å²) in [5.41, 5.74) is 0. The minimum absolute atomic E-state index is 0.106. The SMILES string of the molecule is CCCCCCCCCCCCCCC(=O)OC[C@H](COP(=O)(O)OC[C@H](O)COP(=O)(O)OC[C@@H](COC(=O)CCCCCCCCCCCCCCCC(C)C)OC(=O)CCCCCCCCCCCCCCCCC(C)C)OC(=O)CCCCCCCCCCCC(C)C. The third-order valence-electron chi connectivity index (χ3n) is 18.1. The molecule has 5 atom stereocenters. The van der Waals surface area contributed by atoms with Gasteiger partial charge in [-0.05, 0) is 43.4 Å². The lowest BCUT2D eigenvalue weighted by Gasteiger charge is -2.21. The van der Waals surface area contributed by atoms with Crippen molar-refractivity contribution < 1.29 is 80.2 Å². The van der Waals surface area contributed by atoms with Gasteiger partial charge < -0.3 is 33.8 Å². The van der Waals surface area contributed by atoms with Gasteiger partial charge in [0.25, 0.3) is 0 Å². The van der Waals surface area contributed by atoms with Gasteiger partial charge in [-0.3, -0.25) is 37.3 Å². The first-order valence-corrected chi connectivity index (χ1v) is 43.3. The van der Waals surface area contributed by atoms with Crippen LogP contribution in [0.3, 0.4) is 0 Å². The Bertz CT molecular complexity index is 1890. The number of carbonyl (C=O) groups is 4. The van der Waals surface area contributed by atoms with Gasteiger partial charge in [0, 0.05) is 25.7 Å². The summed E-state index contributed by atoms with van der Waals surface area (Å²) in [4.78, 5) is 72.9. The van der Waals surface area contributed by atoms with Crippen LogP contribution in [0.1, 0.15) is 402 Å². The normalized spacial score (nSPS) is 14.0. The zero-order valence-corrected chi connectivity index (χ0v) is 65.3. The summed E-state index contributed by atoms with van der Waals surface area (Å²) in [6.07, 6.45) is 55.4. The summed E-state index contributed by atoms with van der Waals surface area (Å²) in [6.45, 7) is 11.9. The van der Waals surface area contributed by atoms with Gasteiger partial charge in [0.1, 0.15) is 19.3 Å². The Morgan fingerprint density at radius 3 is 0.701 bits per heavy atom. The maximum atomic E-state index is 13.1. The molecule has 0 amide bonds. The highest BCUT2D eigenvalue weighted by Crippen LogP contribution is 2.45. The first kappa shape index (κ1) is 95.1. The zero-order chi connectivity index (χ0) is 71.6. The monoisotopic (exact) mass is 1420 g/mol. The zero-order valence-electron chi connectivity index (χ0n) is 63.5. The van der Waals surface area contributed by atoms with Crippen LogP contribution in [0.25, 0.3) is 0 Å². The molecule has 0 bridgehead atoms. The smallest absolute Gasteiger partial charge is 0.462 e. The van der Waals surface area contributed by atoms with Crippen molar-refractivity contribution in [3.8, 4) is 0 Å². The van der Waals surface area contributed by atoms with Crippen molar-refractivity contribution in [2.24, 2.45) is 17.8 Å². The summed E-state index contributed by atoms with van der Waals surface area (Å²) in [6, 6.07) is 0. The Morgan fingerprint density at radius 1 is 0.278 bits per heavy atom. The number of aliphatic hydroxyl groups excluding tert-OH is 1. The first-order valence-electron chi connectivity index (χ1n) is 40.3. The highest BCUT2D eigenvalue weighted by Gasteiger charge is 2.30. The van der Waals surface area contributed by atoms with Crippen molar-refractivity contribution in [2.75, 3.05) is 39.6 Å². The Hall–Kier alpha value is -1.94.